The predicted octanol–water partition coefficient (Wildman–Crippen LogP) is 3.04. The molecule has 0 unspecified atom stereocenters. The minimum absolute atomic E-state index is 0.156. The van der Waals surface area contributed by atoms with Gasteiger partial charge in [0.2, 0.25) is 17.6 Å². The van der Waals surface area contributed by atoms with Crippen LogP contribution >= 0.6 is 11.3 Å². The van der Waals surface area contributed by atoms with Gasteiger partial charge in [-0.1, -0.05) is 5.16 Å². The molecule has 26 heavy (non-hydrogen) atoms. The van der Waals surface area contributed by atoms with Crippen LogP contribution < -0.4 is 10.6 Å². The van der Waals surface area contributed by atoms with Gasteiger partial charge in [0, 0.05) is 42.1 Å². The second-order valence-electron chi connectivity index (χ2n) is 5.68. The predicted molar refractivity (Wildman–Crippen MR) is 99.1 cm³/mol. The van der Waals surface area contributed by atoms with E-state index in [-0.39, 0.29) is 18.2 Å². The molecule has 7 nitrogen and oxygen atoms in total. The van der Waals surface area contributed by atoms with Gasteiger partial charge in [-0.2, -0.15) is 16.3 Å². The van der Waals surface area contributed by atoms with Crippen molar-refractivity contribution in [3.8, 4) is 11.4 Å². The summed E-state index contributed by atoms with van der Waals surface area (Å²) in [5.74, 6) is 0.634. The summed E-state index contributed by atoms with van der Waals surface area (Å²) in [5.41, 5.74) is 2.94. The second-order valence-corrected chi connectivity index (χ2v) is 6.46. The Morgan fingerprint density at radius 1 is 1.27 bits per heavy atom. The van der Waals surface area contributed by atoms with Crippen LogP contribution in [0.1, 0.15) is 28.2 Å². The van der Waals surface area contributed by atoms with Crippen molar-refractivity contribution in [2.45, 2.75) is 19.8 Å². The zero-order valence-corrected chi connectivity index (χ0v) is 15.2. The lowest BCUT2D eigenvalue weighted by Gasteiger charge is -2.09. The third-order valence-corrected chi connectivity index (χ3v) is 4.49. The van der Waals surface area contributed by atoms with Crippen molar-refractivity contribution in [1.29, 1.82) is 0 Å². The first-order chi connectivity index (χ1) is 12.6. The van der Waals surface area contributed by atoms with Gasteiger partial charge in [-0.05, 0) is 42.1 Å². The maximum atomic E-state index is 12.2. The topological polar surface area (TPSA) is 97.1 Å². The molecule has 2 N–H and O–H groups in total. The molecule has 3 aromatic rings. The number of hydrogen-bond donors (Lipinski definition) is 2. The Kier molecular flexibility index (Phi) is 5.43. The van der Waals surface area contributed by atoms with Gasteiger partial charge >= 0.3 is 0 Å². The van der Waals surface area contributed by atoms with Crippen LogP contribution in [0.3, 0.4) is 0 Å². The van der Waals surface area contributed by atoms with Crippen LogP contribution in [-0.2, 0) is 11.2 Å². The fraction of sp³-hybridized carbons (Fsp3) is 0.222. The Morgan fingerprint density at radius 2 is 2.12 bits per heavy atom. The highest BCUT2D eigenvalue weighted by Gasteiger charge is 2.12. The third kappa shape index (κ3) is 4.15. The van der Waals surface area contributed by atoms with E-state index in [0.29, 0.717) is 29.4 Å². The number of carbonyl (C=O) groups excluding carboxylic acids is 2. The van der Waals surface area contributed by atoms with Gasteiger partial charge in [0.15, 0.2) is 0 Å². The number of benzene rings is 1. The summed E-state index contributed by atoms with van der Waals surface area (Å²) < 4.78 is 5.19. The maximum absolute atomic E-state index is 12.2. The zero-order chi connectivity index (χ0) is 18.5. The summed E-state index contributed by atoms with van der Waals surface area (Å²) in [7, 11) is 1.58. The van der Waals surface area contributed by atoms with E-state index in [1.54, 1.807) is 36.6 Å². The molecule has 1 aromatic carbocycles. The molecule has 2 aromatic heterocycles. The molecule has 0 atom stereocenters. The number of thiophene rings is 1. The summed E-state index contributed by atoms with van der Waals surface area (Å²) in [6, 6.07) is 7.04. The Hall–Kier alpha value is -3.00. The second kappa shape index (κ2) is 7.92. The summed E-state index contributed by atoms with van der Waals surface area (Å²) in [6.07, 6.45) is 0.584. The highest BCUT2D eigenvalue weighted by molar-refractivity contribution is 7.08. The van der Waals surface area contributed by atoms with Crippen LogP contribution in [0.15, 0.2) is 39.5 Å². The molecule has 8 heteroatoms. The van der Waals surface area contributed by atoms with Gasteiger partial charge in [-0.3, -0.25) is 9.59 Å². The van der Waals surface area contributed by atoms with E-state index in [2.05, 4.69) is 20.8 Å². The number of amides is 2. The molecule has 2 amide bonds. The third-order valence-electron chi connectivity index (χ3n) is 3.80. The van der Waals surface area contributed by atoms with E-state index < -0.39 is 0 Å². The fourth-order valence-corrected chi connectivity index (χ4v) is 3.02. The van der Waals surface area contributed by atoms with Crippen LogP contribution in [0.5, 0.6) is 0 Å². The molecule has 0 saturated carbocycles. The first kappa shape index (κ1) is 17.8. The molecule has 0 aliphatic rings. The van der Waals surface area contributed by atoms with Crippen LogP contribution in [-0.4, -0.2) is 29.0 Å². The van der Waals surface area contributed by atoms with E-state index in [4.69, 9.17) is 4.52 Å². The maximum Gasteiger partial charge on any atom is 0.251 e. The van der Waals surface area contributed by atoms with Gasteiger partial charge in [0.1, 0.15) is 0 Å². The standard InChI is InChI=1S/C18H18N4O3S/c1-11-9-12(18(24)19-2)3-4-14(11)20-15(23)5-6-16-21-17(22-25-16)13-7-8-26-10-13/h3-4,7-10H,5-6H2,1-2H3,(H,19,24)(H,20,23). The summed E-state index contributed by atoms with van der Waals surface area (Å²) >= 11 is 1.56. The summed E-state index contributed by atoms with van der Waals surface area (Å²) in [5, 5.41) is 13.2. The van der Waals surface area contributed by atoms with Crippen molar-refractivity contribution in [3.05, 3.63) is 52.0 Å². The van der Waals surface area contributed by atoms with Crippen molar-refractivity contribution in [2.75, 3.05) is 12.4 Å². The highest BCUT2D eigenvalue weighted by atomic mass is 32.1. The lowest BCUT2D eigenvalue weighted by atomic mass is 10.1. The van der Waals surface area contributed by atoms with Gasteiger partial charge in [0.25, 0.3) is 5.91 Å². The average molecular weight is 370 g/mol. The first-order valence-corrected chi connectivity index (χ1v) is 8.99. The first-order valence-electron chi connectivity index (χ1n) is 8.04. The van der Waals surface area contributed by atoms with Crippen LogP contribution in [0, 0.1) is 6.92 Å². The molecular formula is C18H18N4O3S. The fourth-order valence-electron chi connectivity index (χ4n) is 2.39. The van der Waals surface area contributed by atoms with Crippen molar-refractivity contribution >= 4 is 28.8 Å². The number of rotatable bonds is 6. The molecule has 3 rings (SSSR count). The Morgan fingerprint density at radius 3 is 2.81 bits per heavy atom. The van der Waals surface area contributed by atoms with E-state index >= 15 is 0 Å². The number of anilines is 1. The highest BCUT2D eigenvalue weighted by Crippen LogP contribution is 2.20. The molecule has 0 spiro atoms. The van der Waals surface area contributed by atoms with Crippen LogP contribution in [0.25, 0.3) is 11.4 Å². The molecule has 0 bridgehead atoms. The lowest BCUT2D eigenvalue weighted by Crippen LogP contribution is -2.18. The van der Waals surface area contributed by atoms with E-state index in [1.807, 2.05) is 23.8 Å². The van der Waals surface area contributed by atoms with E-state index in [1.165, 1.54) is 0 Å². The Balaban J connectivity index is 1.57. The zero-order valence-electron chi connectivity index (χ0n) is 14.4. The van der Waals surface area contributed by atoms with Crippen LogP contribution in [0.2, 0.25) is 0 Å². The molecular weight excluding hydrogens is 352 g/mol. The van der Waals surface area contributed by atoms with Gasteiger partial charge in [-0.15, -0.1) is 0 Å². The minimum Gasteiger partial charge on any atom is -0.355 e. The largest absolute Gasteiger partial charge is 0.355 e. The van der Waals surface area contributed by atoms with E-state index in [0.717, 1.165) is 11.1 Å². The van der Waals surface area contributed by atoms with Crippen molar-refractivity contribution in [1.82, 2.24) is 15.5 Å². The Labute approximate surface area is 154 Å². The quantitative estimate of drug-likeness (QED) is 0.695. The lowest BCUT2D eigenvalue weighted by molar-refractivity contribution is -0.116. The van der Waals surface area contributed by atoms with Gasteiger partial charge in [-0.25, -0.2) is 0 Å². The molecule has 0 aliphatic heterocycles. The SMILES string of the molecule is CNC(=O)c1ccc(NC(=O)CCc2nc(-c3ccsc3)no2)c(C)c1. The van der Waals surface area contributed by atoms with Crippen LogP contribution in [0.4, 0.5) is 5.69 Å². The molecule has 0 radical (unpaired) electrons. The van der Waals surface area contributed by atoms with Crippen molar-refractivity contribution < 1.29 is 14.1 Å². The normalized spacial score (nSPS) is 10.5. The number of hydrogen-bond acceptors (Lipinski definition) is 6. The summed E-state index contributed by atoms with van der Waals surface area (Å²) in [6.45, 7) is 1.84. The summed E-state index contributed by atoms with van der Waals surface area (Å²) in [4.78, 5) is 28.1. The van der Waals surface area contributed by atoms with E-state index in [9.17, 15) is 9.59 Å². The number of nitrogens with one attached hydrogen (secondary N) is 2. The number of aryl methyl sites for hydroxylation is 2. The number of aromatic nitrogens is 2. The van der Waals surface area contributed by atoms with Crippen molar-refractivity contribution in [2.24, 2.45) is 0 Å². The molecule has 0 aliphatic carbocycles. The minimum atomic E-state index is -0.163. The number of carbonyl (C=O) groups is 2. The smallest absolute Gasteiger partial charge is 0.251 e. The molecule has 0 saturated heterocycles. The average Bonchev–Trinajstić information content (AvgIpc) is 3.32. The van der Waals surface area contributed by atoms with Crippen molar-refractivity contribution in [3.63, 3.8) is 0 Å². The Bertz CT molecular complexity index is 918. The van der Waals surface area contributed by atoms with Gasteiger partial charge < -0.3 is 15.2 Å². The van der Waals surface area contributed by atoms with Gasteiger partial charge in [0.05, 0.1) is 0 Å². The molecule has 134 valence electrons. The molecule has 2 heterocycles. The monoisotopic (exact) mass is 370 g/mol. The molecule has 0 fully saturated rings. The number of nitrogens with zero attached hydrogens (tertiary/aromatic N) is 2.